The first-order valence-corrected chi connectivity index (χ1v) is 10.1. The fourth-order valence-electron chi connectivity index (χ4n) is 3.14. The summed E-state index contributed by atoms with van der Waals surface area (Å²) in [6.45, 7) is 10.6. The lowest BCUT2D eigenvalue weighted by molar-refractivity contribution is 0.312. The van der Waals surface area contributed by atoms with Crippen molar-refractivity contribution in [3.05, 3.63) is 59.3 Å². The molecule has 2 N–H and O–H groups in total. The van der Waals surface area contributed by atoms with E-state index in [1.807, 2.05) is 6.20 Å². The molecule has 0 unspecified atom stereocenters. The van der Waals surface area contributed by atoms with Gasteiger partial charge in [0.1, 0.15) is 5.82 Å². The number of aromatic nitrogens is 1. The van der Waals surface area contributed by atoms with Gasteiger partial charge in [0.15, 0.2) is 5.96 Å². The smallest absolute Gasteiger partial charge is 0.191 e. The average Bonchev–Trinajstić information content (AvgIpc) is 2.72. The van der Waals surface area contributed by atoms with Crippen LogP contribution in [0.4, 0.5) is 5.82 Å². The highest BCUT2D eigenvalue weighted by molar-refractivity contribution is 5.79. The summed E-state index contributed by atoms with van der Waals surface area (Å²) in [6, 6.07) is 12.8. The van der Waals surface area contributed by atoms with Gasteiger partial charge in [0, 0.05) is 45.5 Å². The number of aryl methyl sites for hydroxylation is 1. The van der Waals surface area contributed by atoms with Crippen LogP contribution in [-0.2, 0) is 13.1 Å². The van der Waals surface area contributed by atoms with Gasteiger partial charge < -0.3 is 20.4 Å². The number of nitrogens with one attached hydrogen (secondary N) is 2. The van der Waals surface area contributed by atoms with E-state index < -0.39 is 0 Å². The van der Waals surface area contributed by atoms with Crippen LogP contribution in [0.15, 0.2) is 47.6 Å². The molecular formula is C22H32N6. The molecule has 1 saturated heterocycles. The fourth-order valence-corrected chi connectivity index (χ4v) is 3.14. The molecule has 0 saturated carbocycles. The largest absolute Gasteiger partial charge is 0.357 e. The van der Waals surface area contributed by atoms with E-state index in [4.69, 9.17) is 4.99 Å². The molecular weight excluding hydrogens is 348 g/mol. The Hall–Kier alpha value is -2.60. The molecule has 1 aliphatic heterocycles. The van der Waals surface area contributed by atoms with Gasteiger partial charge >= 0.3 is 0 Å². The van der Waals surface area contributed by atoms with Crippen molar-refractivity contribution in [1.29, 1.82) is 0 Å². The Balaban J connectivity index is 1.55. The number of piperazine rings is 1. The van der Waals surface area contributed by atoms with Crippen LogP contribution < -0.4 is 15.5 Å². The minimum Gasteiger partial charge on any atom is -0.357 e. The molecule has 1 aromatic carbocycles. The molecule has 0 spiro atoms. The van der Waals surface area contributed by atoms with Crippen LogP contribution in [0.1, 0.15) is 23.6 Å². The molecule has 150 valence electrons. The minimum atomic E-state index is 0.610. The van der Waals surface area contributed by atoms with Gasteiger partial charge in [-0.25, -0.2) is 9.98 Å². The van der Waals surface area contributed by atoms with Gasteiger partial charge in [-0.3, -0.25) is 0 Å². The highest BCUT2D eigenvalue weighted by atomic mass is 15.3. The number of nitrogens with zero attached hydrogens (tertiary/aromatic N) is 4. The molecule has 6 heteroatoms. The summed E-state index contributed by atoms with van der Waals surface area (Å²) in [6.07, 6.45) is 1.95. The molecule has 2 heterocycles. The molecule has 2 aromatic rings. The van der Waals surface area contributed by atoms with Crippen LogP contribution in [-0.4, -0.2) is 55.6 Å². The second-order valence-electron chi connectivity index (χ2n) is 7.35. The summed E-state index contributed by atoms with van der Waals surface area (Å²) in [5, 5.41) is 6.71. The van der Waals surface area contributed by atoms with Crippen LogP contribution in [0.3, 0.4) is 0 Å². The normalized spacial score (nSPS) is 15.5. The number of pyridine rings is 1. The zero-order chi connectivity index (χ0) is 19.8. The van der Waals surface area contributed by atoms with Gasteiger partial charge in [-0.2, -0.15) is 0 Å². The predicted molar refractivity (Wildman–Crippen MR) is 117 cm³/mol. The van der Waals surface area contributed by atoms with E-state index in [0.29, 0.717) is 6.54 Å². The summed E-state index contributed by atoms with van der Waals surface area (Å²) in [5.41, 5.74) is 3.64. The Kier molecular flexibility index (Phi) is 7.25. The van der Waals surface area contributed by atoms with Crippen molar-refractivity contribution < 1.29 is 0 Å². The Morgan fingerprint density at radius 1 is 1.00 bits per heavy atom. The first-order valence-electron chi connectivity index (χ1n) is 10.1. The van der Waals surface area contributed by atoms with E-state index in [2.05, 4.69) is 82.7 Å². The summed E-state index contributed by atoms with van der Waals surface area (Å²) in [4.78, 5) is 14.1. The van der Waals surface area contributed by atoms with Crippen molar-refractivity contribution in [3.63, 3.8) is 0 Å². The first-order chi connectivity index (χ1) is 13.6. The topological polar surface area (TPSA) is 55.8 Å². The molecule has 1 fully saturated rings. The minimum absolute atomic E-state index is 0.610. The third kappa shape index (κ3) is 5.96. The molecule has 6 nitrogen and oxygen atoms in total. The van der Waals surface area contributed by atoms with Crippen LogP contribution in [0.25, 0.3) is 0 Å². The average molecular weight is 381 g/mol. The van der Waals surface area contributed by atoms with Gasteiger partial charge in [0.05, 0.1) is 6.54 Å². The van der Waals surface area contributed by atoms with Crippen LogP contribution in [0.5, 0.6) is 0 Å². The van der Waals surface area contributed by atoms with Crippen LogP contribution in [0.2, 0.25) is 0 Å². The van der Waals surface area contributed by atoms with E-state index >= 15 is 0 Å². The Morgan fingerprint density at radius 3 is 2.36 bits per heavy atom. The second kappa shape index (κ2) is 10.1. The summed E-state index contributed by atoms with van der Waals surface area (Å²) in [5.74, 6) is 1.89. The van der Waals surface area contributed by atoms with Crippen molar-refractivity contribution in [2.45, 2.75) is 26.9 Å². The number of hydrogen-bond acceptors (Lipinski definition) is 4. The molecule has 0 amide bonds. The SMILES string of the molecule is CCNC(=NCc1ccc(N2CCN(C)CC2)nc1)NCc1ccc(C)cc1. The van der Waals surface area contributed by atoms with Gasteiger partial charge in [-0.15, -0.1) is 0 Å². The standard InChI is InChI=1S/C22H32N6/c1-4-23-22(25-15-19-7-5-18(2)6-8-19)26-17-20-9-10-21(24-16-20)28-13-11-27(3)12-14-28/h5-10,16H,4,11-15,17H2,1-3H3,(H2,23,25,26). The van der Waals surface area contributed by atoms with Crippen molar-refractivity contribution in [3.8, 4) is 0 Å². The van der Waals surface area contributed by atoms with Crippen LogP contribution in [0, 0.1) is 6.92 Å². The molecule has 1 aliphatic rings. The maximum Gasteiger partial charge on any atom is 0.191 e. The van der Waals surface area contributed by atoms with Crippen molar-refractivity contribution in [1.82, 2.24) is 20.5 Å². The lowest BCUT2D eigenvalue weighted by atomic mass is 10.1. The number of hydrogen-bond donors (Lipinski definition) is 2. The van der Waals surface area contributed by atoms with Gasteiger partial charge in [0.25, 0.3) is 0 Å². The molecule has 0 bridgehead atoms. The Morgan fingerprint density at radius 2 is 1.71 bits per heavy atom. The molecule has 1 aromatic heterocycles. The maximum absolute atomic E-state index is 4.70. The quantitative estimate of drug-likeness (QED) is 0.595. The lowest BCUT2D eigenvalue weighted by Gasteiger charge is -2.33. The fraction of sp³-hybridized carbons (Fsp3) is 0.455. The predicted octanol–water partition coefficient (Wildman–Crippen LogP) is 2.40. The van der Waals surface area contributed by atoms with Crippen LogP contribution >= 0.6 is 0 Å². The highest BCUT2D eigenvalue weighted by Crippen LogP contribution is 2.14. The number of anilines is 1. The Bertz CT molecular complexity index is 746. The van der Waals surface area contributed by atoms with E-state index in [1.165, 1.54) is 11.1 Å². The van der Waals surface area contributed by atoms with Crippen molar-refractivity contribution in [2.75, 3.05) is 44.7 Å². The highest BCUT2D eigenvalue weighted by Gasteiger charge is 2.14. The summed E-state index contributed by atoms with van der Waals surface area (Å²) >= 11 is 0. The van der Waals surface area contributed by atoms with Gasteiger partial charge in [0.2, 0.25) is 0 Å². The zero-order valence-electron chi connectivity index (χ0n) is 17.3. The number of rotatable bonds is 6. The second-order valence-corrected chi connectivity index (χ2v) is 7.35. The van der Waals surface area contributed by atoms with E-state index in [9.17, 15) is 0 Å². The first kappa shape index (κ1) is 20.1. The van der Waals surface area contributed by atoms with E-state index in [-0.39, 0.29) is 0 Å². The molecule has 0 atom stereocenters. The summed E-state index contributed by atoms with van der Waals surface area (Å²) in [7, 11) is 2.17. The van der Waals surface area contributed by atoms with Gasteiger partial charge in [-0.1, -0.05) is 35.9 Å². The Labute approximate surface area is 168 Å². The molecule has 0 radical (unpaired) electrons. The lowest BCUT2D eigenvalue weighted by Crippen LogP contribution is -2.44. The molecule has 28 heavy (non-hydrogen) atoms. The van der Waals surface area contributed by atoms with Gasteiger partial charge in [-0.05, 0) is 38.1 Å². The van der Waals surface area contributed by atoms with Crippen molar-refractivity contribution in [2.24, 2.45) is 4.99 Å². The third-order valence-electron chi connectivity index (χ3n) is 4.98. The maximum atomic E-state index is 4.70. The monoisotopic (exact) mass is 380 g/mol. The number of guanidine groups is 1. The summed E-state index contributed by atoms with van der Waals surface area (Å²) < 4.78 is 0. The van der Waals surface area contributed by atoms with E-state index in [0.717, 1.165) is 56.6 Å². The number of benzene rings is 1. The molecule has 3 rings (SSSR count). The number of likely N-dealkylation sites (N-methyl/N-ethyl adjacent to an activating group) is 1. The van der Waals surface area contributed by atoms with Crippen molar-refractivity contribution >= 4 is 11.8 Å². The van der Waals surface area contributed by atoms with E-state index in [1.54, 1.807) is 0 Å². The zero-order valence-corrected chi connectivity index (χ0v) is 17.3. The molecule has 0 aliphatic carbocycles. The third-order valence-corrected chi connectivity index (χ3v) is 4.98. The number of aliphatic imine (C=N–C) groups is 1.